The van der Waals surface area contributed by atoms with Crippen LogP contribution in [-0.2, 0) is 5.41 Å². The molecular formula is C60H38N4S. The Bertz CT molecular complexity index is 3910. The molecule has 0 atom stereocenters. The van der Waals surface area contributed by atoms with E-state index in [1.807, 2.05) is 11.3 Å². The standard InChI is InChI=1S/C60H38N4S/c1-60(2)47-24-15-23-44-41-20-9-12-25-49(41)64-50-26-13-10-22-45(50)53-46(34-48(60)55(54(44)47)56(53)64)59-62-57(37-28-29-43-42-21-11-14-27-51(42)65-52(43)33-37)61-58(63-59)40-31-38(35-16-5-3-6-17-35)30-39(32-40)36-18-7-4-8-19-36/h3-34H,1-2H3. The molecule has 304 valence electrons. The van der Waals surface area contributed by atoms with E-state index in [4.69, 9.17) is 15.0 Å². The van der Waals surface area contributed by atoms with Crippen LogP contribution in [0.5, 0.6) is 0 Å². The predicted molar refractivity (Wildman–Crippen MR) is 271 cm³/mol. The van der Waals surface area contributed by atoms with Gasteiger partial charge in [0.15, 0.2) is 17.5 Å². The van der Waals surface area contributed by atoms with Crippen molar-refractivity contribution in [3.63, 3.8) is 0 Å². The zero-order chi connectivity index (χ0) is 43.0. The monoisotopic (exact) mass is 846 g/mol. The maximum Gasteiger partial charge on any atom is 0.164 e. The molecule has 9 aromatic carbocycles. The van der Waals surface area contributed by atoms with Crippen molar-refractivity contribution in [1.29, 1.82) is 0 Å². The van der Waals surface area contributed by atoms with Gasteiger partial charge in [0.1, 0.15) is 0 Å². The van der Waals surface area contributed by atoms with E-state index in [9.17, 15) is 0 Å². The van der Waals surface area contributed by atoms with Gasteiger partial charge in [0, 0.05) is 64.2 Å². The molecule has 4 nitrogen and oxygen atoms in total. The molecule has 1 aliphatic heterocycles. The number of aromatic nitrogens is 4. The first-order valence-electron chi connectivity index (χ1n) is 22.3. The summed E-state index contributed by atoms with van der Waals surface area (Å²) in [5.41, 5.74) is 18.4. The molecule has 0 bridgehead atoms. The molecule has 0 saturated carbocycles. The number of nitrogens with zero attached hydrogens (tertiary/aromatic N) is 4. The largest absolute Gasteiger partial charge is 0.308 e. The zero-order valence-electron chi connectivity index (χ0n) is 35.7. The van der Waals surface area contributed by atoms with Crippen molar-refractivity contribution < 1.29 is 0 Å². The Morgan fingerprint density at radius 2 is 1.02 bits per heavy atom. The number of hydrogen-bond acceptors (Lipinski definition) is 4. The summed E-state index contributed by atoms with van der Waals surface area (Å²) in [7, 11) is 0. The number of hydrogen-bond donors (Lipinski definition) is 0. The lowest BCUT2D eigenvalue weighted by Gasteiger charge is -2.23. The smallest absolute Gasteiger partial charge is 0.164 e. The van der Waals surface area contributed by atoms with E-state index in [0.29, 0.717) is 17.5 Å². The summed E-state index contributed by atoms with van der Waals surface area (Å²) in [4.78, 5) is 16.6. The van der Waals surface area contributed by atoms with E-state index in [0.717, 1.165) is 49.8 Å². The summed E-state index contributed by atoms with van der Waals surface area (Å²) in [5.74, 6) is 1.93. The first-order chi connectivity index (χ1) is 32.0. The van der Waals surface area contributed by atoms with Crippen LogP contribution in [0.4, 0.5) is 0 Å². The molecule has 0 unspecified atom stereocenters. The minimum atomic E-state index is -0.281. The molecule has 0 spiro atoms. The number of para-hydroxylation sites is 2. The number of fused-ring (bicyclic) bond motifs is 9. The fourth-order valence-corrected chi connectivity index (χ4v) is 12.1. The first-order valence-corrected chi connectivity index (χ1v) is 23.1. The van der Waals surface area contributed by atoms with Gasteiger partial charge in [0.2, 0.25) is 0 Å². The fraction of sp³-hybridized carbons (Fsp3) is 0.0500. The molecule has 0 fully saturated rings. The van der Waals surface area contributed by atoms with Crippen molar-refractivity contribution in [3.05, 3.63) is 205 Å². The van der Waals surface area contributed by atoms with Gasteiger partial charge < -0.3 is 4.57 Å². The maximum absolute atomic E-state index is 5.61. The lowest BCUT2D eigenvalue weighted by atomic mass is 9.81. The Balaban J connectivity index is 1.10. The molecule has 3 aromatic heterocycles. The van der Waals surface area contributed by atoms with Gasteiger partial charge in [-0.2, -0.15) is 0 Å². The molecule has 14 rings (SSSR count). The van der Waals surface area contributed by atoms with E-state index >= 15 is 0 Å². The molecule has 0 amide bonds. The molecule has 12 aromatic rings. The summed E-state index contributed by atoms with van der Waals surface area (Å²) in [5, 5.41) is 4.84. The summed E-state index contributed by atoms with van der Waals surface area (Å²) in [6.07, 6.45) is 0. The SMILES string of the molecule is CC1(C)c2cccc3c2-c2c1cc(-c1nc(-c4cc(-c5ccccc5)cc(-c5ccccc5)c4)nc(-c4ccc5c(c4)sc4ccccc45)n1)c1c4ccccc4n(c21)-c1ccccc1-3. The highest BCUT2D eigenvalue weighted by Gasteiger charge is 2.42. The second-order valence-corrected chi connectivity index (χ2v) is 19.0. The Kier molecular flexibility index (Phi) is 7.58. The third kappa shape index (κ3) is 5.27. The van der Waals surface area contributed by atoms with Gasteiger partial charge in [-0.25, -0.2) is 15.0 Å². The molecule has 2 aliphatic rings. The van der Waals surface area contributed by atoms with Crippen LogP contribution in [0.15, 0.2) is 194 Å². The lowest BCUT2D eigenvalue weighted by molar-refractivity contribution is 0.661. The molecular weight excluding hydrogens is 809 g/mol. The van der Waals surface area contributed by atoms with Crippen molar-refractivity contribution >= 4 is 53.3 Å². The van der Waals surface area contributed by atoms with Crippen molar-refractivity contribution in [2.45, 2.75) is 19.3 Å². The minimum absolute atomic E-state index is 0.281. The van der Waals surface area contributed by atoms with Gasteiger partial charge in [-0.3, -0.25) is 0 Å². The van der Waals surface area contributed by atoms with E-state index in [1.165, 1.54) is 70.1 Å². The fourth-order valence-electron chi connectivity index (χ4n) is 10.9. The average molecular weight is 847 g/mol. The molecule has 0 N–H and O–H groups in total. The topological polar surface area (TPSA) is 43.6 Å². The number of thiophene rings is 1. The van der Waals surface area contributed by atoms with Gasteiger partial charge in [0.05, 0.1) is 16.7 Å². The van der Waals surface area contributed by atoms with Gasteiger partial charge in [-0.15, -0.1) is 11.3 Å². The van der Waals surface area contributed by atoms with Gasteiger partial charge in [-0.1, -0.05) is 159 Å². The quantitative estimate of drug-likeness (QED) is 0.173. The van der Waals surface area contributed by atoms with Crippen LogP contribution in [-0.4, -0.2) is 19.5 Å². The highest BCUT2D eigenvalue weighted by Crippen LogP contribution is 2.59. The van der Waals surface area contributed by atoms with E-state index in [1.54, 1.807) is 0 Å². The normalized spacial score (nSPS) is 13.2. The molecule has 0 saturated heterocycles. The Morgan fingerprint density at radius 1 is 0.400 bits per heavy atom. The maximum atomic E-state index is 5.61. The van der Waals surface area contributed by atoms with Crippen LogP contribution in [0.2, 0.25) is 0 Å². The second-order valence-electron chi connectivity index (χ2n) is 17.9. The van der Waals surface area contributed by atoms with Gasteiger partial charge in [0.25, 0.3) is 0 Å². The van der Waals surface area contributed by atoms with Crippen molar-refractivity contribution in [2.75, 3.05) is 0 Å². The summed E-state index contributed by atoms with van der Waals surface area (Å²) in [6, 6.07) is 70.4. The van der Waals surface area contributed by atoms with Crippen LogP contribution < -0.4 is 0 Å². The van der Waals surface area contributed by atoms with Crippen LogP contribution >= 0.6 is 11.3 Å². The van der Waals surface area contributed by atoms with Gasteiger partial charge >= 0.3 is 0 Å². The van der Waals surface area contributed by atoms with Crippen molar-refractivity contribution in [1.82, 2.24) is 19.5 Å². The molecule has 0 radical (unpaired) electrons. The van der Waals surface area contributed by atoms with Gasteiger partial charge in [-0.05, 0) is 93.0 Å². The summed E-state index contributed by atoms with van der Waals surface area (Å²) in [6.45, 7) is 4.75. The average Bonchev–Trinajstić information content (AvgIpc) is 3.96. The molecule has 5 heteroatoms. The van der Waals surface area contributed by atoms with E-state index in [2.05, 4.69) is 213 Å². The summed E-state index contributed by atoms with van der Waals surface area (Å²) >= 11 is 1.81. The van der Waals surface area contributed by atoms with E-state index in [-0.39, 0.29) is 5.41 Å². The van der Waals surface area contributed by atoms with Crippen LogP contribution in [0.1, 0.15) is 25.0 Å². The Morgan fingerprint density at radius 3 is 1.80 bits per heavy atom. The highest BCUT2D eigenvalue weighted by molar-refractivity contribution is 7.25. The number of rotatable bonds is 5. The number of benzene rings is 9. The minimum Gasteiger partial charge on any atom is -0.308 e. The molecule has 1 aliphatic carbocycles. The highest BCUT2D eigenvalue weighted by atomic mass is 32.1. The molecule has 65 heavy (non-hydrogen) atoms. The van der Waals surface area contributed by atoms with Crippen molar-refractivity contribution in [2.24, 2.45) is 0 Å². The zero-order valence-corrected chi connectivity index (χ0v) is 36.5. The van der Waals surface area contributed by atoms with Crippen molar-refractivity contribution in [3.8, 4) is 84.4 Å². The molecule has 4 heterocycles. The first kappa shape index (κ1) is 36.5. The van der Waals surface area contributed by atoms with Crippen LogP contribution in [0.3, 0.4) is 0 Å². The Hall–Kier alpha value is -7.99. The lowest BCUT2D eigenvalue weighted by Crippen LogP contribution is -2.15. The van der Waals surface area contributed by atoms with Crippen LogP contribution in [0.25, 0.3) is 126 Å². The predicted octanol–water partition coefficient (Wildman–Crippen LogP) is 16.0. The summed E-state index contributed by atoms with van der Waals surface area (Å²) < 4.78 is 4.99. The Labute approximate surface area is 379 Å². The third-order valence-electron chi connectivity index (χ3n) is 14.0. The second kappa shape index (κ2) is 13.5. The van der Waals surface area contributed by atoms with E-state index < -0.39 is 0 Å². The third-order valence-corrected chi connectivity index (χ3v) is 15.1. The van der Waals surface area contributed by atoms with Crippen LogP contribution in [0, 0.1) is 0 Å².